The molecular weight excluding hydrogens is 412 g/mol. The van der Waals surface area contributed by atoms with Crippen molar-refractivity contribution in [3.8, 4) is 5.75 Å². The number of carbonyl (C=O) groups is 4. The van der Waals surface area contributed by atoms with Crippen LogP contribution in [0.4, 0.5) is 0 Å². The number of rotatable bonds is 12. The summed E-state index contributed by atoms with van der Waals surface area (Å²) in [5, 5.41) is 26.0. The van der Waals surface area contributed by atoms with Gasteiger partial charge in [0.25, 0.3) is 0 Å². The molecule has 3 amide bonds. The van der Waals surface area contributed by atoms with Crippen molar-refractivity contribution in [1.82, 2.24) is 16.0 Å². The number of phenols is 1. The van der Waals surface area contributed by atoms with Gasteiger partial charge in [0.15, 0.2) is 0 Å². The molecule has 0 saturated heterocycles. The smallest absolute Gasteiger partial charge is 0.326 e. The number of hydrogen-bond acceptors (Lipinski definition) is 7. The van der Waals surface area contributed by atoms with E-state index in [0.717, 1.165) is 0 Å². The van der Waals surface area contributed by atoms with Gasteiger partial charge in [0, 0.05) is 6.42 Å². The molecule has 0 spiro atoms. The maximum atomic E-state index is 12.7. The standard InChI is InChI=1S/C19H28N4O6S/c1-11(20)17(26)21-10-16(25)22-15(9-12-3-5-13(24)6-4-12)18(27)23-14(19(28)29)7-8-30-2/h3-6,11,14-15,24H,7-10,20H2,1-2H3,(H,21,26)(H,22,25)(H,23,27)(H,28,29). The first-order valence-corrected chi connectivity index (χ1v) is 10.7. The van der Waals surface area contributed by atoms with Gasteiger partial charge in [-0.3, -0.25) is 14.4 Å². The number of phenolic OH excluding ortho intramolecular Hbond substituents is 1. The fourth-order valence-electron chi connectivity index (χ4n) is 2.42. The van der Waals surface area contributed by atoms with Crippen molar-refractivity contribution in [2.24, 2.45) is 5.73 Å². The van der Waals surface area contributed by atoms with Crippen molar-refractivity contribution in [1.29, 1.82) is 0 Å². The Labute approximate surface area is 179 Å². The summed E-state index contributed by atoms with van der Waals surface area (Å²) in [5.74, 6) is -2.40. The monoisotopic (exact) mass is 440 g/mol. The first kappa shape index (κ1) is 25.2. The van der Waals surface area contributed by atoms with E-state index in [0.29, 0.717) is 11.3 Å². The van der Waals surface area contributed by atoms with Gasteiger partial charge in [-0.05, 0) is 43.0 Å². The minimum atomic E-state index is -1.17. The molecule has 0 fully saturated rings. The number of carboxylic acid groups (broad SMARTS) is 1. The van der Waals surface area contributed by atoms with Crippen molar-refractivity contribution < 1.29 is 29.4 Å². The molecule has 7 N–H and O–H groups in total. The van der Waals surface area contributed by atoms with Crippen LogP contribution >= 0.6 is 11.8 Å². The van der Waals surface area contributed by atoms with Crippen LogP contribution in [0.25, 0.3) is 0 Å². The molecule has 30 heavy (non-hydrogen) atoms. The molecule has 0 aliphatic rings. The second-order valence-electron chi connectivity index (χ2n) is 6.68. The topological polar surface area (TPSA) is 171 Å². The molecule has 0 radical (unpaired) electrons. The highest BCUT2D eigenvalue weighted by Gasteiger charge is 2.26. The lowest BCUT2D eigenvalue weighted by atomic mass is 10.0. The van der Waals surface area contributed by atoms with Gasteiger partial charge in [-0.25, -0.2) is 4.79 Å². The molecule has 0 heterocycles. The number of carbonyl (C=O) groups excluding carboxylic acids is 3. The second kappa shape index (κ2) is 12.7. The van der Waals surface area contributed by atoms with Crippen LogP contribution in [0.5, 0.6) is 5.75 Å². The third kappa shape index (κ3) is 9.14. The van der Waals surface area contributed by atoms with E-state index in [1.54, 1.807) is 12.1 Å². The predicted octanol–water partition coefficient (Wildman–Crippen LogP) is -0.795. The fourth-order valence-corrected chi connectivity index (χ4v) is 2.89. The molecule has 11 heteroatoms. The van der Waals surface area contributed by atoms with E-state index in [2.05, 4.69) is 16.0 Å². The molecule has 0 bridgehead atoms. The largest absolute Gasteiger partial charge is 0.508 e. The summed E-state index contributed by atoms with van der Waals surface area (Å²) in [4.78, 5) is 47.9. The van der Waals surface area contributed by atoms with Crippen molar-refractivity contribution >= 4 is 35.5 Å². The number of aliphatic carboxylic acids is 1. The van der Waals surface area contributed by atoms with E-state index < -0.39 is 41.8 Å². The molecule has 0 aliphatic carbocycles. The first-order chi connectivity index (χ1) is 14.1. The van der Waals surface area contributed by atoms with E-state index in [9.17, 15) is 29.4 Å². The van der Waals surface area contributed by atoms with Crippen LogP contribution in [-0.4, -0.2) is 70.6 Å². The number of nitrogens with two attached hydrogens (primary N) is 1. The Balaban J connectivity index is 2.88. The van der Waals surface area contributed by atoms with Crippen molar-refractivity contribution in [3.05, 3.63) is 29.8 Å². The fraction of sp³-hybridized carbons (Fsp3) is 0.474. The highest BCUT2D eigenvalue weighted by Crippen LogP contribution is 2.12. The van der Waals surface area contributed by atoms with Crippen LogP contribution in [0.3, 0.4) is 0 Å². The molecule has 1 aromatic carbocycles. The van der Waals surface area contributed by atoms with Crippen molar-refractivity contribution in [2.45, 2.75) is 37.9 Å². The van der Waals surface area contributed by atoms with Crippen LogP contribution in [0.1, 0.15) is 18.9 Å². The Morgan fingerprint density at radius 1 is 1.07 bits per heavy atom. The van der Waals surface area contributed by atoms with Gasteiger partial charge in [-0.15, -0.1) is 0 Å². The Bertz CT molecular complexity index is 741. The minimum Gasteiger partial charge on any atom is -0.508 e. The number of hydrogen-bond donors (Lipinski definition) is 6. The number of benzene rings is 1. The van der Waals surface area contributed by atoms with E-state index in [-0.39, 0.29) is 25.1 Å². The predicted molar refractivity (Wildman–Crippen MR) is 113 cm³/mol. The quantitative estimate of drug-likeness (QED) is 0.245. The summed E-state index contributed by atoms with van der Waals surface area (Å²) >= 11 is 1.45. The van der Waals surface area contributed by atoms with Crippen LogP contribution in [0.2, 0.25) is 0 Å². The molecular formula is C19H28N4O6S. The number of nitrogens with one attached hydrogen (secondary N) is 3. The number of aromatic hydroxyl groups is 1. The molecule has 10 nitrogen and oxygen atoms in total. The van der Waals surface area contributed by atoms with Crippen LogP contribution in [0.15, 0.2) is 24.3 Å². The molecule has 0 saturated carbocycles. The van der Waals surface area contributed by atoms with Gasteiger partial charge >= 0.3 is 5.97 Å². The minimum absolute atomic E-state index is 0.0467. The summed E-state index contributed by atoms with van der Waals surface area (Å²) in [5.41, 5.74) is 6.07. The number of amides is 3. The summed E-state index contributed by atoms with van der Waals surface area (Å²) < 4.78 is 0. The zero-order valence-electron chi connectivity index (χ0n) is 16.9. The molecule has 0 aliphatic heterocycles. The highest BCUT2D eigenvalue weighted by molar-refractivity contribution is 7.98. The number of thioether (sulfide) groups is 1. The Morgan fingerprint density at radius 3 is 2.23 bits per heavy atom. The van der Waals surface area contributed by atoms with E-state index in [1.165, 1.54) is 30.8 Å². The maximum Gasteiger partial charge on any atom is 0.326 e. The van der Waals surface area contributed by atoms with Gasteiger partial charge in [-0.2, -0.15) is 11.8 Å². The Hall–Kier alpha value is -2.79. The second-order valence-corrected chi connectivity index (χ2v) is 7.66. The molecule has 3 unspecified atom stereocenters. The summed E-state index contributed by atoms with van der Waals surface area (Å²) in [6.07, 6.45) is 2.12. The van der Waals surface area contributed by atoms with Gasteiger partial charge in [0.1, 0.15) is 17.8 Å². The van der Waals surface area contributed by atoms with Gasteiger partial charge in [-0.1, -0.05) is 12.1 Å². The summed E-state index contributed by atoms with van der Waals surface area (Å²) in [6.45, 7) is 1.09. The Morgan fingerprint density at radius 2 is 1.70 bits per heavy atom. The SMILES string of the molecule is CSCCC(NC(=O)C(Cc1ccc(O)cc1)NC(=O)CNC(=O)C(C)N)C(=O)O. The van der Waals surface area contributed by atoms with Crippen LogP contribution in [-0.2, 0) is 25.6 Å². The van der Waals surface area contributed by atoms with Crippen LogP contribution in [0, 0.1) is 0 Å². The lowest BCUT2D eigenvalue weighted by molar-refractivity contribution is -0.142. The van der Waals surface area contributed by atoms with Gasteiger partial charge in [0.05, 0.1) is 12.6 Å². The average Bonchev–Trinajstić information content (AvgIpc) is 2.69. The third-order valence-electron chi connectivity index (χ3n) is 4.09. The highest BCUT2D eigenvalue weighted by atomic mass is 32.2. The summed E-state index contributed by atoms with van der Waals surface area (Å²) in [6, 6.07) is 3.08. The third-order valence-corrected chi connectivity index (χ3v) is 4.73. The van der Waals surface area contributed by atoms with Crippen molar-refractivity contribution in [2.75, 3.05) is 18.6 Å². The van der Waals surface area contributed by atoms with E-state index in [1.807, 2.05) is 6.26 Å². The maximum absolute atomic E-state index is 12.7. The zero-order chi connectivity index (χ0) is 22.7. The zero-order valence-corrected chi connectivity index (χ0v) is 17.7. The van der Waals surface area contributed by atoms with Crippen molar-refractivity contribution in [3.63, 3.8) is 0 Å². The molecule has 1 rings (SSSR count). The van der Waals surface area contributed by atoms with Crippen LogP contribution < -0.4 is 21.7 Å². The lowest BCUT2D eigenvalue weighted by Gasteiger charge is -2.22. The molecule has 3 atom stereocenters. The lowest BCUT2D eigenvalue weighted by Crippen LogP contribution is -2.54. The molecule has 166 valence electrons. The van der Waals surface area contributed by atoms with Gasteiger partial charge in [0.2, 0.25) is 17.7 Å². The summed E-state index contributed by atoms with van der Waals surface area (Å²) in [7, 11) is 0. The van der Waals surface area contributed by atoms with Gasteiger partial charge < -0.3 is 31.9 Å². The van der Waals surface area contributed by atoms with E-state index in [4.69, 9.17) is 5.73 Å². The molecule has 1 aromatic rings. The average molecular weight is 441 g/mol. The normalized spacial score (nSPS) is 13.6. The first-order valence-electron chi connectivity index (χ1n) is 9.26. The van der Waals surface area contributed by atoms with E-state index >= 15 is 0 Å². The Kier molecular flexibility index (Phi) is 10.7. The molecule has 0 aromatic heterocycles. The number of carboxylic acids is 1.